The quantitative estimate of drug-likeness (QED) is 0.739. The van der Waals surface area contributed by atoms with Crippen LogP contribution in [0.25, 0.3) is 0 Å². The second-order valence-electron chi connectivity index (χ2n) is 5.48. The molecule has 3 rings (SSSR count). The number of benzene rings is 1. The van der Waals surface area contributed by atoms with Crippen LogP contribution in [0.2, 0.25) is 5.02 Å². The number of nitrogens with one attached hydrogen (secondary N) is 2. The van der Waals surface area contributed by atoms with E-state index in [1.54, 1.807) is 6.08 Å². The molecule has 1 aliphatic heterocycles. The highest BCUT2D eigenvalue weighted by molar-refractivity contribution is 6.30. The second kappa shape index (κ2) is 5.50. The van der Waals surface area contributed by atoms with Gasteiger partial charge in [-0.15, -0.1) is 0 Å². The van der Waals surface area contributed by atoms with Gasteiger partial charge in [-0.05, 0) is 43.0 Å². The molecule has 0 radical (unpaired) electrons. The van der Waals surface area contributed by atoms with Crippen LogP contribution in [0.15, 0.2) is 30.4 Å². The van der Waals surface area contributed by atoms with Crippen molar-refractivity contribution in [3.63, 3.8) is 0 Å². The topological polar surface area (TPSA) is 41.1 Å². The summed E-state index contributed by atoms with van der Waals surface area (Å²) < 4.78 is 41.3. The number of urea groups is 1. The van der Waals surface area contributed by atoms with Crippen molar-refractivity contribution in [1.82, 2.24) is 5.32 Å². The van der Waals surface area contributed by atoms with Crippen molar-refractivity contribution in [3.8, 4) is 11.8 Å². The zero-order valence-corrected chi connectivity index (χ0v) is 12.6. The lowest BCUT2D eigenvalue weighted by molar-refractivity contribution is -0.178. The van der Waals surface area contributed by atoms with Crippen molar-refractivity contribution in [3.05, 3.63) is 40.9 Å². The Morgan fingerprint density at radius 2 is 2.09 bits per heavy atom. The van der Waals surface area contributed by atoms with Gasteiger partial charge in [0.05, 0.1) is 0 Å². The van der Waals surface area contributed by atoms with Crippen LogP contribution >= 0.6 is 11.6 Å². The predicted octanol–water partition coefficient (Wildman–Crippen LogP) is 4.20. The number of hydrogen-bond acceptors (Lipinski definition) is 1. The van der Waals surface area contributed by atoms with Crippen LogP contribution in [0.3, 0.4) is 0 Å². The van der Waals surface area contributed by atoms with Crippen LogP contribution in [0.1, 0.15) is 18.4 Å². The minimum atomic E-state index is -4.80. The number of halogens is 4. The number of rotatable bonds is 1. The number of fused-ring (bicyclic) bond motifs is 1. The van der Waals surface area contributed by atoms with E-state index in [-0.39, 0.29) is 16.3 Å². The first-order valence-electron chi connectivity index (χ1n) is 6.97. The van der Waals surface area contributed by atoms with Gasteiger partial charge in [0.2, 0.25) is 5.54 Å². The summed E-state index contributed by atoms with van der Waals surface area (Å²) in [6, 6.07) is 2.94. The van der Waals surface area contributed by atoms with Gasteiger partial charge in [-0.1, -0.05) is 29.5 Å². The number of anilines is 1. The van der Waals surface area contributed by atoms with Gasteiger partial charge in [0.1, 0.15) is 0 Å². The molecule has 1 atom stereocenters. The molecule has 2 amide bonds. The number of hydrogen-bond donors (Lipinski definition) is 2. The largest absolute Gasteiger partial charge is 0.427 e. The predicted molar refractivity (Wildman–Crippen MR) is 81.0 cm³/mol. The van der Waals surface area contributed by atoms with E-state index in [2.05, 4.69) is 17.2 Å². The standard InChI is InChI=1S/C16H12ClF3N2O/c17-11-6-7-13-12(9-11)15(16(18,19)20,22-14(23)21-13)8-2-1-3-10-4-5-10/h1,3,6-7,9-10H,4-5H2,(H2,21,22,23)/b3-1+/t15-/m1/s1. The van der Waals surface area contributed by atoms with Gasteiger partial charge in [-0.3, -0.25) is 0 Å². The lowest BCUT2D eigenvalue weighted by Crippen LogP contribution is -2.59. The van der Waals surface area contributed by atoms with Crippen LogP contribution in [-0.4, -0.2) is 12.2 Å². The van der Waals surface area contributed by atoms with E-state index in [4.69, 9.17) is 11.6 Å². The van der Waals surface area contributed by atoms with Crippen LogP contribution in [0.5, 0.6) is 0 Å². The Hall–Kier alpha value is -2.13. The van der Waals surface area contributed by atoms with Crippen LogP contribution in [0, 0.1) is 17.8 Å². The molecule has 1 aromatic rings. The Morgan fingerprint density at radius 3 is 2.74 bits per heavy atom. The molecule has 7 heteroatoms. The molecule has 2 N–H and O–H groups in total. The Balaban J connectivity index is 2.11. The first-order valence-corrected chi connectivity index (χ1v) is 7.35. The molecule has 1 aromatic carbocycles. The summed E-state index contributed by atoms with van der Waals surface area (Å²) in [5, 5.41) is 4.38. The zero-order valence-electron chi connectivity index (χ0n) is 11.8. The summed E-state index contributed by atoms with van der Waals surface area (Å²) >= 11 is 5.83. The number of allylic oxidation sites excluding steroid dienone is 2. The molecule has 0 unspecified atom stereocenters. The van der Waals surface area contributed by atoms with E-state index in [0.29, 0.717) is 5.92 Å². The van der Waals surface area contributed by atoms with Crippen molar-refractivity contribution < 1.29 is 18.0 Å². The third-order valence-corrected chi connectivity index (χ3v) is 3.93. The fourth-order valence-electron chi connectivity index (χ4n) is 2.34. The SMILES string of the molecule is O=C1Nc2ccc(Cl)cc2[C@](C#C/C=C/C2CC2)(C(F)(F)F)N1. The molecule has 0 spiro atoms. The van der Waals surface area contributed by atoms with Gasteiger partial charge < -0.3 is 10.6 Å². The number of carbonyl (C=O) groups is 1. The molecule has 120 valence electrons. The third-order valence-electron chi connectivity index (χ3n) is 3.69. The zero-order chi connectivity index (χ0) is 16.7. The molecular formula is C16H12ClF3N2O. The maximum absolute atomic E-state index is 13.8. The Kier molecular flexibility index (Phi) is 3.77. The number of alkyl halides is 3. The molecular weight excluding hydrogens is 329 g/mol. The molecule has 3 nitrogen and oxygen atoms in total. The van der Waals surface area contributed by atoms with E-state index >= 15 is 0 Å². The first kappa shape index (κ1) is 15.8. The average molecular weight is 341 g/mol. The maximum atomic E-state index is 13.8. The third kappa shape index (κ3) is 3.02. The molecule has 1 saturated carbocycles. The molecule has 0 bridgehead atoms. The monoisotopic (exact) mass is 340 g/mol. The molecule has 0 aromatic heterocycles. The molecule has 23 heavy (non-hydrogen) atoms. The van der Waals surface area contributed by atoms with E-state index in [9.17, 15) is 18.0 Å². The summed E-state index contributed by atoms with van der Waals surface area (Å²) in [5.74, 6) is 5.00. The second-order valence-corrected chi connectivity index (χ2v) is 5.92. The van der Waals surface area contributed by atoms with Gasteiger partial charge in [0, 0.05) is 16.3 Å². The first-order chi connectivity index (χ1) is 10.8. The molecule has 1 heterocycles. The fourth-order valence-corrected chi connectivity index (χ4v) is 2.51. The van der Waals surface area contributed by atoms with Crippen LogP contribution in [0.4, 0.5) is 23.7 Å². The van der Waals surface area contributed by atoms with Crippen molar-refractivity contribution in [2.45, 2.75) is 24.6 Å². The van der Waals surface area contributed by atoms with Gasteiger partial charge in [-0.25, -0.2) is 4.79 Å². The minimum absolute atomic E-state index is 0.0379. The van der Waals surface area contributed by atoms with E-state index < -0.39 is 17.7 Å². The minimum Gasteiger partial charge on any atom is -0.310 e. The van der Waals surface area contributed by atoms with Crippen molar-refractivity contribution >= 4 is 23.3 Å². The van der Waals surface area contributed by atoms with E-state index in [1.807, 2.05) is 5.32 Å². The van der Waals surface area contributed by atoms with Crippen molar-refractivity contribution in [2.24, 2.45) is 5.92 Å². The summed E-state index contributed by atoms with van der Waals surface area (Å²) in [4.78, 5) is 11.7. The molecule has 1 aliphatic carbocycles. The van der Waals surface area contributed by atoms with E-state index in [0.717, 1.165) is 18.9 Å². The Bertz CT molecular complexity index is 744. The summed E-state index contributed by atoms with van der Waals surface area (Å²) in [5.41, 5.74) is -2.97. The van der Waals surface area contributed by atoms with Gasteiger partial charge in [-0.2, -0.15) is 13.2 Å². The number of carbonyl (C=O) groups excluding carboxylic acids is 1. The summed E-state index contributed by atoms with van der Waals surface area (Å²) in [7, 11) is 0. The molecule has 1 fully saturated rings. The smallest absolute Gasteiger partial charge is 0.310 e. The number of amides is 2. The average Bonchev–Trinajstić information content (AvgIpc) is 3.27. The van der Waals surface area contributed by atoms with Gasteiger partial charge >= 0.3 is 12.2 Å². The summed E-state index contributed by atoms with van der Waals surface area (Å²) in [6.07, 6.45) is 0.441. The highest BCUT2D eigenvalue weighted by atomic mass is 35.5. The molecule has 0 saturated heterocycles. The summed E-state index contributed by atoms with van der Waals surface area (Å²) in [6.45, 7) is 0. The van der Waals surface area contributed by atoms with Crippen LogP contribution < -0.4 is 10.6 Å². The Morgan fingerprint density at radius 1 is 1.35 bits per heavy atom. The molecule has 2 aliphatic rings. The highest BCUT2D eigenvalue weighted by Crippen LogP contribution is 2.44. The Labute approximate surface area is 135 Å². The highest BCUT2D eigenvalue weighted by Gasteiger charge is 2.59. The van der Waals surface area contributed by atoms with Crippen molar-refractivity contribution in [2.75, 3.05) is 5.32 Å². The van der Waals surface area contributed by atoms with Crippen molar-refractivity contribution in [1.29, 1.82) is 0 Å². The fraction of sp³-hybridized carbons (Fsp3) is 0.312. The maximum Gasteiger partial charge on any atom is 0.427 e. The van der Waals surface area contributed by atoms with Gasteiger partial charge in [0.15, 0.2) is 0 Å². The van der Waals surface area contributed by atoms with Gasteiger partial charge in [0.25, 0.3) is 0 Å². The lowest BCUT2D eigenvalue weighted by Gasteiger charge is -2.37. The van der Waals surface area contributed by atoms with E-state index in [1.165, 1.54) is 18.2 Å². The normalized spacial score (nSPS) is 23.6. The van der Waals surface area contributed by atoms with Crippen LogP contribution in [-0.2, 0) is 5.54 Å². The lowest BCUT2D eigenvalue weighted by atomic mass is 9.86.